The number of halogens is 1. The van der Waals surface area contributed by atoms with E-state index < -0.39 is 0 Å². The van der Waals surface area contributed by atoms with Gasteiger partial charge < -0.3 is 0 Å². The third-order valence-corrected chi connectivity index (χ3v) is 3.85. The topological polar surface area (TPSA) is 34.4 Å². The standard InChI is InChI=1S/C18H17FN2O/c1-11(2)18-15(10-22)17(13-5-7-14(19)8-6-13)16-9-4-12(3)21(16)20-18/h4-11H,1-3H3. The molecule has 0 atom stereocenters. The third-order valence-electron chi connectivity index (χ3n) is 3.85. The first-order valence-electron chi connectivity index (χ1n) is 7.26. The highest BCUT2D eigenvalue weighted by Gasteiger charge is 2.19. The van der Waals surface area contributed by atoms with Crippen LogP contribution in [-0.2, 0) is 0 Å². The number of carbonyl (C=O) groups is 1. The zero-order chi connectivity index (χ0) is 15.9. The highest BCUT2D eigenvalue weighted by Crippen LogP contribution is 2.32. The maximum absolute atomic E-state index is 13.2. The zero-order valence-electron chi connectivity index (χ0n) is 12.8. The van der Waals surface area contributed by atoms with Gasteiger partial charge in [-0.1, -0.05) is 26.0 Å². The lowest BCUT2D eigenvalue weighted by atomic mass is 9.95. The van der Waals surface area contributed by atoms with E-state index in [-0.39, 0.29) is 11.7 Å². The number of nitrogens with zero attached hydrogens (tertiary/aromatic N) is 2. The van der Waals surface area contributed by atoms with Gasteiger partial charge in [-0.3, -0.25) is 4.79 Å². The second kappa shape index (κ2) is 5.37. The molecule has 0 saturated carbocycles. The minimum Gasteiger partial charge on any atom is -0.298 e. The summed E-state index contributed by atoms with van der Waals surface area (Å²) in [4.78, 5) is 11.7. The van der Waals surface area contributed by atoms with Crippen LogP contribution in [0, 0.1) is 12.7 Å². The molecule has 0 fully saturated rings. The molecule has 2 aromatic heterocycles. The molecule has 4 heteroatoms. The summed E-state index contributed by atoms with van der Waals surface area (Å²) in [5.41, 5.74) is 4.80. The van der Waals surface area contributed by atoms with E-state index in [1.54, 1.807) is 12.1 Å². The van der Waals surface area contributed by atoms with E-state index in [0.29, 0.717) is 5.56 Å². The molecule has 0 aliphatic heterocycles. The van der Waals surface area contributed by atoms with Gasteiger partial charge in [-0.15, -0.1) is 0 Å². The molecule has 1 aromatic carbocycles. The highest BCUT2D eigenvalue weighted by atomic mass is 19.1. The third kappa shape index (κ3) is 2.21. The predicted octanol–water partition coefficient (Wildman–Crippen LogP) is 4.38. The fourth-order valence-corrected chi connectivity index (χ4v) is 2.75. The molecule has 0 amide bonds. The lowest BCUT2D eigenvalue weighted by molar-refractivity contribution is 0.112. The molecular weight excluding hydrogens is 279 g/mol. The van der Waals surface area contributed by atoms with Crippen molar-refractivity contribution in [1.29, 1.82) is 0 Å². The molecule has 0 spiro atoms. The maximum atomic E-state index is 13.2. The summed E-state index contributed by atoms with van der Waals surface area (Å²) in [6, 6.07) is 10.1. The first kappa shape index (κ1) is 14.4. The van der Waals surface area contributed by atoms with Gasteiger partial charge in [0.25, 0.3) is 0 Å². The molecule has 0 N–H and O–H groups in total. The molecule has 112 valence electrons. The highest BCUT2D eigenvalue weighted by molar-refractivity contribution is 5.96. The first-order valence-corrected chi connectivity index (χ1v) is 7.26. The summed E-state index contributed by atoms with van der Waals surface area (Å²) in [5, 5.41) is 4.62. The van der Waals surface area contributed by atoms with Crippen molar-refractivity contribution >= 4 is 11.8 Å². The van der Waals surface area contributed by atoms with Crippen LogP contribution >= 0.6 is 0 Å². The van der Waals surface area contributed by atoms with Crippen LogP contribution in [0.3, 0.4) is 0 Å². The summed E-state index contributed by atoms with van der Waals surface area (Å²) in [6.45, 7) is 5.99. The first-order chi connectivity index (χ1) is 10.5. The zero-order valence-corrected chi connectivity index (χ0v) is 12.8. The van der Waals surface area contributed by atoms with Gasteiger partial charge in [-0.2, -0.15) is 5.10 Å². The lowest BCUT2D eigenvalue weighted by Gasteiger charge is -2.15. The number of carbonyl (C=O) groups excluding carboxylic acids is 1. The van der Waals surface area contributed by atoms with Crippen molar-refractivity contribution in [3.05, 3.63) is 59.2 Å². The lowest BCUT2D eigenvalue weighted by Crippen LogP contribution is -2.08. The van der Waals surface area contributed by atoms with E-state index in [0.717, 1.165) is 34.3 Å². The summed E-state index contributed by atoms with van der Waals surface area (Å²) < 4.78 is 15.1. The van der Waals surface area contributed by atoms with Crippen molar-refractivity contribution in [3.63, 3.8) is 0 Å². The summed E-state index contributed by atoms with van der Waals surface area (Å²) >= 11 is 0. The molecule has 0 saturated heterocycles. The van der Waals surface area contributed by atoms with E-state index in [4.69, 9.17) is 0 Å². The largest absolute Gasteiger partial charge is 0.298 e. The van der Waals surface area contributed by atoms with Crippen molar-refractivity contribution in [2.75, 3.05) is 0 Å². The monoisotopic (exact) mass is 296 g/mol. The number of aryl methyl sites for hydroxylation is 1. The Morgan fingerprint density at radius 1 is 1.14 bits per heavy atom. The summed E-state index contributed by atoms with van der Waals surface area (Å²) in [7, 11) is 0. The van der Waals surface area contributed by atoms with Crippen molar-refractivity contribution in [3.8, 4) is 11.1 Å². The van der Waals surface area contributed by atoms with Crippen molar-refractivity contribution < 1.29 is 9.18 Å². The van der Waals surface area contributed by atoms with Crippen LogP contribution in [0.2, 0.25) is 0 Å². The van der Waals surface area contributed by atoms with Gasteiger partial charge in [0.1, 0.15) is 5.82 Å². The minimum absolute atomic E-state index is 0.116. The van der Waals surface area contributed by atoms with Crippen molar-refractivity contribution in [2.24, 2.45) is 0 Å². The van der Waals surface area contributed by atoms with Gasteiger partial charge in [-0.05, 0) is 42.7 Å². The molecule has 0 aliphatic carbocycles. The normalized spacial score (nSPS) is 11.3. The fourth-order valence-electron chi connectivity index (χ4n) is 2.75. The van der Waals surface area contributed by atoms with Gasteiger partial charge >= 0.3 is 0 Å². The molecule has 3 aromatic rings. The number of aldehydes is 1. The van der Waals surface area contributed by atoms with Crippen LogP contribution in [0.1, 0.15) is 41.5 Å². The maximum Gasteiger partial charge on any atom is 0.152 e. The SMILES string of the molecule is Cc1ccc2c(-c3ccc(F)cc3)c(C=O)c(C(C)C)nn12. The second-order valence-electron chi connectivity index (χ2n) is 5.73. The molecule has 0 radical (unpaired) electrons. The Hall–Kier alpha value is -2.49. The average molecular weight is 296 g/mol. The van der Waals surface area contributed by atoms with E-state index in [2.05, 4.69) is 5.10 Å². The van der Waals surface area contributed by atoms with E-state index >= 15 is 0 Å². The van der Waals surface area contributed by atoms with Gasteiger partial charge in [0.05, 0.1) is 11.2 Å². The molecular formula is C18H17FN2O. The molecule has 3 nitrogen and oxygen atoms in total. The number of aromatic nitrogens is 2. The van der Waals surface area contributed by atoms with Crippen LogP contribution in [-0.4, -0.2) is 15.9 Å². The molecule has 0 aliphatic rings. The van der Waals surface area contributed by atoms with Gasteiger partial charge in [-0.25, -0.2) is 8.91 Å². The van der Waals surface area contributed by atoms with Crippen LogP contribution in [0.15, 0.2) is 36.4 Å². The molecule has 0 unspecified atom stereocenters. The van der Waals surface area contributed by atoms with E-state index in [1.807, 2.05) is 37.4 Å². The van der Waals surface area contributed by atoms with Gasteiger partial charge in [0.2, 0.25) is 0 Å². The number of hydrogen-bond acceptors (Lipinski definition) is 2. The number of fused-ring (bicyclic) bond motifs is 1. The number of hydrogen-bond donors (Lipinski definition) is 0. The Bertz CT molecular complexity index is 848. The smallest absolute Gasteiger partial charge is 0.152 e. The Kier molecular flexibility index (Phi) is 3.53. The summed E-state index contributed by atoms with van der Waals surface area (Å²) in [6.07, 6.45) is 0.851. The van der Waals surface area contributed by atoms with Crippen molar-refractivity contribution in [1.82, 2.24) is 9.61 Å². The molecule has 0 bridgehead atoms. The molecule has 2 heterocycles. The number of rotatable bonds is 3. The minimum atomic E-state index is -0.294. The van der Waals surface area contributed by atoms with E-state index in [9.17, 15) is 9.18 Å². The number of benzene rings is 1. The van der Waals surface area contributed by atoms with Crippen LogP contribution in [0.4, 0.5) is 4.39 Å². The second-order valence-corrected chi connectivity index (χ2v) is 5.73. The Labute approximate surface area is 128 Å². The Morgan fingerprint density at radius 3 is 2.41 bits per heavy atom. The van der Waals surface area contributed by atoms with Crippen LogP contribution < -0.4 is 0 Å². The molecule has 22 heavy (non-hydrogen) atoms. The van der Waals surface area contributed by atoms with Gasteiger partial charge in [0, 0.05) is 16.8 Å². The van der Waals surface area contributed by atoms with Crippen molar-refractivity contribution in [2.45, 2.75) is 26.7 Å². The van der Waals surface area contributed by atoms with E-state index in [1.165, 1.54) is 12.1 Å². The Balaban J connectivity index is 2.44. The summed E-state index contributed by atoms with van der Waals surface area (Å²) in [5.74, 6) is -0.178. The van der Waals surface area contributed by atoms with Crippen LogP contribution in [0.5, 0.6) is 0 Å². The van der Waals surface area contributed by atoms with Gasteiger partial charge in [0.15, 0.2) is 6.29 Å². The quantitative estimate of drug-likeness (QED) is 0.672. The Morgan fingerprint density at radius 2 is 1.82 bits per heavy atom. The van der Waals surface area contributed by atoms with Crippen LogP contribution in [0.25, 0.3) is 16.6 Å². The average Bonchev–Trinajstić information content (AvgIpc) is 2.87. The predicted molar refractivity (Wildman–Crippen MR) is 84.8 cm³/mol. The fraction of sp³-hybridized carbons (Fsp3) is 0.222. The molecule has 3 rings (SSSR count).